The van der Waals surface area contributed by atoms with Gasteiger partial charge in [0.1, 0.15) is 0 Å². The van der Waals surface area contributed by atoms with Crippen molar-refractivity contribution in [3.8, 4) is 0 Å². The van der Waals surface area contributed by atoms with Crippen molar-refractivity contribution < 1.29 is 0 Å². The average molecular weight is 272 g/mol. The molecule has 0 bridgehead atoms. The number of unbranched alkanes of at least 4 members (excludes halogenated alkanes) is 2. The minimum atomic E-state index is 0.289. The highest BCUT2D eigenvalue weighted by Crippen LogP contribution is 2.52. The van der Waals surface area contributed by atoms with E-state index >= 15 is 0 Å². The van der Waals surface area contributed by atoms with Crippen molar-refractivity contribution in [2.45, 2.75) is 104 Å². The lowest BCUT2D eigenvalue weighted by molar-refractivity contribution is 0.626. The van der Waals surface area contributed by atoms with E-state index in [0.717, 1.165) is 11.3 Å². The van der Waals surface area contributed by atoms with Crippen molar-refractivity contribution in [1.29, 1.82) is 0 Å². The molecule has 1 heteroatoms. The van der Waals surface area contributed by atoms with E-state index < -0.39 is 0 Å². The fourth-order valence-corrected chi connectivity index (χ4v) is 6.82. The molecule has 0 fully saturated rings. The lowest BCUT2D eigenvalue weighted by Crippen LogP contribution is -2.17. The van der Waals surface area contributed by atoms with Crippen LogP contribution in [-0.4, -0.2) is 17.5 Å². The molecule has 0 aromatic rings. The first kappa shape index (κ1) is 18.4. The highest BCUT2D eigenvalue weighted by molar-refractivity contribution is 7.59. The first-order valence-corrected chi connectivity index (χ1v) is 10.2. The molecule has 0 amide bonds. The lowest BCUT2D eigenvalue weighted by atomic mass is 10.1. The van der Waals surface area contributed by atoms with E-state index in [2.05, 4.69) is 34.6 Å². The monoisotopic (exact) mass is 272 g/mol. The topological polar surface area (TPSA) is 0 Å². The van der Waals surface area contributed by atoms with Crippen LogP contribution in [0.3, 0.4) is 0 Å². The molecule has 0 rings (SSSR count). The highest BCUT2D eigenvalue weighted by Gasteiger charge is 2.25. The summed E-state index contributed by atoms with van der Waals surface area (Å²) in [5.74, 6) is 0. The summed E-state index contributed by atoms with van der Waals surface area (Å²) in [6, 6.07) is 0. The molecule has 0 radical (unpaired) electrons. The maximum atomic E-state index is 2.43. The predicted octanol–water partition coefficient (Wildman–Crippen LogP) is 6.82. The maximum Gasteiger partial charge on any atom is -0.0209 e. The molecule has 0 spiro atoms. The molecule has 2 atom stereocenters. The second-order valence-corrected chi connectivity index (χ2v) is 8.58. The van der Waals surface area contributed by atoms with Crippen LogP contribution in [0, 0.1) is 0 Å². The molecule has 0 aliphatic rings. The van der Waals surface area contributed by atoms with Gasteiger partial charge in [0.2, 0.25) is 0 Å². The third kappa shape index (κ3) is 7.13. The van der Waals surface area contributed by atoms with Gasteiger partial charge < -0.3 is 0 Å². The molecule has 0 aromatic carbocycles. The van der Waals surface area contributed by atoms with Crippen LogP contribution in [0.15, 0.2) is 0 Å². The van der Waals surface area contributed by atoms with Gasteiger partial charge in [-0.3, -0.25) is 0 Å². The third-order valence-electron chi connectivity index (χ3n) is 4.14. The van der Waals surface area contributed by atoms with Crippen LogP contribution in [0.1, 0.15) is 92.4 Å². The minimum absolute atomic E-state index is 0.289. The van der Waals surface area contributed by atoms with Crippen molar-refractivity contribution in [2.24, 2.45) is 0 Å². The van der Waals surface area contributed by atoms with Gasteiger partial charge in [-0.2, -0.15) is 0 Å². The largest absolute Gasteiger partial charge is 0.100 e. The van der Waals surface area contributed by atoms with Crippen LogP contribution >= 0.6 is 7.92 Å². The Labute approximate surface area is 118 Å². The normalized spacial score (nSPS) is 16.5. The average Bonchev–Trinajstić information content (AvgIpc) is 2.40. The van der Waals surface area contributed by atoms with Gasteiger partial charge in [0.15, 0.2) is 0 Å². The molecule has 0 heterocycles. The third-order valence-corrected chi connectivity index (χ3v) is 8.23. The number of hydrogen-bond donors (Lipinski definition) is 0. The van der Waals surface area contributed by atoms with Gasteiger partial charge in [0, 0.05) is 0 Å². The molecule has 0 nitrogen and oxygen atoms in total. The SMILES string of the molecule is CCCCC(CC)P(CCC)C(CC)CCCC. The fraction of sp³-hybridized carbons (Fsp3) is 1.00. The standard InChI is InChI=1S/C17H37P/c1-6-11-13-16(9-4)18(15-8-3)17(10-5)14-12-7-2/h16-17H,6-15H2,1-5H3. The molecule has 18 heavy (non-hydrogen) atoms. The van der Waals surface area contributed by atoms with Crippen molar-refractivity contribution in [3.05, 3.63) is 0 Å². The Balaban J connectivity index is 4.52. The summed E-state index contributed by atoms with van der Waals surface area (Å²) >= 11 is 0. The van der Waals surface area contributed by atoms with Crippen LogP contribution in [0.2, 0.25) is 0 Å². The quantitative estimate of drug-likeness (QED) is 0.342. The Bertz CT molecular complexity index is 151. The Hall–Kier alpha value is 0.430. The molecule has 0 aromatic heterocycles. The summed E-state index contributed by atoms with van der Waals surface area (Å²) in [4.78, 5) is 0. The number of hydrogen-bond acceptors (Lipinski definition) is 0. The molecule has 110 valence electrons. The maximum absolute atomic E-state index is 2.43. The first-order valence-electron chi connectivity index (χ1n) is 8.50. The summed E-state index contributed by atoms with van der Waals surface area (Å²) < 4.78 is 0. The van der Waals surface area contributed by atoms with Gasteiger partial charge in [-0.25, -0.2) is 0 Å². The Morgan fingerprint density at radius 1 is 0.667 bits per heavy atom. The van der Waals surface area contributed by atoms with Crippen molar-refractivity contribution in [2.75, 3.05) is 6.16 Å². The van der Waals surface area contributed by atoms with Gasteiger partial charge >= 0.3 is 0 Å². The van der Waals surface area contributed by atoms with Gasteiger partial charge in [0.25, 0.3) is 0 Å². The molecular weight excluding hydrogens is 235 g/mol. The van der Waals surface area contributed by atoms with E-state index in [4.69, 9.17) is 0 Å². The van der Waals surface area contributed by atoms with Crippen LogP contribution < -0.4 is 0 Å². The first-order chi connectivity index (χ1) is 8.74. The zero-order valence-electron chi connectivity index (χ0n) is 13.7. The fourth-order valence-electron chi connectivity index (χ4n) is 3.01. The predicted molar refractivity (Wildman–Crippen MR) is 89.3 cm³/mol. The van der Waals surface area contributed by atoms with Crippen LogP contribution in [0.25, 0.3) is 0 Å². The van der Waals surface area contributed by atoms with Gasteiger partial charge in [-0.05, 0) is 43.2 Å². The van der Waals surface area contributed by atoms with E-state index in [1.54, 1.807) is 0 Å². The Morgan fingerprint density at radius 3 is 1.39 bits per heavy atom. The Morgan fingerprint density at radius 2 is 1.11 bits per heavy atom. The van der Waals surface area contributed by atoms with E-state index in [-0.39, 0.29) is 7.92 Å². The molecule has 0 saturated carbocycles. The molecule has 0 aliphatic heterocycles. The minimum Gasteiger partial charge on any atom is -0.100 e. The van der Waals surface area contributed by atoms with E-state index in [9.17, 15) is 0 Å². The molecular formula is C17H37P. The second kappa shape index (κ2) is 12.5. The zero-order chi connectivity index (χ0) is 13.8. The van der Waals surface area contributed by atoms with Crippen molar-refractivity contribution in [1.82, 2.24) is 0 Å². The molecule has 0 N–H and O–H groups in total. The zero-order valence-corrected chi connectivity index (χ0v) is 14.6. The Kier molecular flexibility index (Phi) is 12.8. The molecule has 0 aliphatic carbocycles. The molecule has 0 saturated heterocycles. The van der Waals surface area contributed by atoms with E-state index in [1.807, 2.05) is 0 Å². The van der Waals surface area contributed by atoms with E-state index in [0.29, 0.717) is 0 Å². The van der Waals surface area contributed by atoms with Crippen molar-refractivity contribution >= 4 is 7.92 Å². The van der Waals surface area contributed by atoms with Gasteiger partial charge in [-0.15, -0.1) is 7.92 Å². The summed E-state index contributed by atoms with van der Waals surface area (Å²) in [6.45, 7) is 11.9. The van der Waals surface area contributed by atoms with Gasteiger partial charge in [-0.1, -0.05) is 66.7 Å². The summed E-state index contributed by atoms with van der Waals surface area (Å²) in [5, 5.41) is 0. The summed E-state index contributed by atoms with van der Waals surface area (Å²) in [5.41, 5.74) is 2.11. The summed E-state index contributed by atoms with van der Waals surface area (Å²) in [7, 11) is 0.289. The smallest absolute Gasteiger partial charge is 0.0209 e. The molecule has 2 unspecified atom stereocenters. The number of rotatable bonds is 12. The van der Waals surface area contributed by atoms with Crippen LogP contribution in [-0.2, 0) is 0 Å². The van der Waals surface area contributed by atoms with E-state index in [1.165, 1.54) is 63.9 Å². The van der Waals surface area contributed by atoms with Crippen molar-refractivity contribution in [3.63, 3.8) is 0 Å². The highest BCUT2D eigenvalue weighted by atomic mass is 31.1. The van der Waals surface area contributed by atoms with Crippen LogP contribution in [0.5, 0.6) is 0 Å². The lowest BCUT2D eigenvalue weighted by Gasteiger charge is -2.34. The van der Waals surface area contributed by atoms with Crippen LogP contribution in [0.4, 0.5) is 0 Å². The summed E-state index contributed by atoms with van der Waals surface area (Å²) in [6.07, 6.45) is 14.4. The second-order valence-electron chi connectivity index (χ2n) is 5.65. The van der Waals surface area contributed by atoms with Gasteiger partial charge in [0.05, 0.1) is 0 Å².